The van der Waals surface area contributed by atoms with Gasteiger partial charge in [-0.3, -0.25) is 9.59 Å². The zero-order chi connectivity index (χ0) is 20.8. The second-order valence-electron chi connectivity index (χ2n) is 8.43. The number of rotatable bonds is 4. The molecule has 1 saturated carbocycles. The molecular weight excluding hydrogens is 366 g/mol. The number of fused-ring (bicyclic) bond motifs is 1. The van der Waals surface area contributed by atoms with Crippen molar-refractivity contribution in [3.63, 3.8) is 0 Å². The summed E-state index contributed by atoms with van der Waals surface area (Å²) in [6.45, 7) is 7.06. The first-order valence-corrected chi connectivity index (χ1v) is 10.2. The highest BCUT2D eigenvalue weighted by atomic mass is 16.3. The molecule has 6 nitrogen and oxygen atoms in total. The number of hydrogen-bond donors (Lipinski definition) is 1. The topological polar surface area (TPSA) is 75.4 Å². The van der Waals surface area contributed by atoms with Crippen molar-refractivity contribution in [2.75, 3.05) is 13.6 Å². The third kappa shape index (κ3) is 3.26. The van der Waals surface area contributed by atoms with Crippen LogP contribution in [0.1, 0.15) is 60.0 Å². The van der Waals surface area contributed by atoms with E-state index in [1.54, 1.807) is 11.6 Å². The molecule has 0 bridgehead atoms. The average Bonchev–Trinajstić information content (AvgIpc) is 3.18. The van der Waals surface area contributed by atoms with Crippen LogP contribution in [-0.2, 0) is 18.4 Å². The molecule has 6 heteroatoms. The molecule has 29 heavy (non-hydrogen) atoms. The predicted molar refractivity (Wildman–Crippen MR) is 112 cm³/mol. The molecule has 0 unspecified atom stereocenters. The maximum atomic E-state index is 12.6. The molecular formula is C23H27N3O3. The quantitative estimate of drug-likeness (QED) is 0.866. The van der Waals surface area contributed by atoms with Crippen LogP contribution in [0, 0.1) is 0 Å². The van der Waals surface area contributed by atoms with Gasteiger partial charge in [0.2, 0.25) is 5.75 Å². The van der Waals surface area contributed by atoms with Gasteiger partial charge in [-0.05, 0) is 30.9 Å². The van der Waals surface area contributed by atoms with Crippen LogP contribution in [0.25, 0.3) is 5.57 Å². The normalized spacial score (nSPS) is 18.0. The van der Waals surface area contributed by atoms with Gasteiger partial charge in [0.15, 0.2) is 5.69 Å². The first-order chi connectivity index (χ1) is 13.8. The summed E-state index contributed by atoms with van der Waals surface area (Å²) in [6.07, 6.45) is 4.86. The Morgan fingerprint density at radius 1 is 1.17 bits per heavy atom. The van der Waals surface area contributed by atoms with Gasteiger partial charge in [-0.1, -0.05) is 49.3 Å². The van der Waals surface area contributed by atoms with Gasteiger partial charge in [-0.15, -0.1) is 0 Å². The Morgan fingerprint density at radius 3 is 2.45 bits per heavy atom. The molecule has 1 amide bonds. The van der Waals surface area contributed by atoms with Crippen molar-refractivity contribution in [1.29, 1.82) is 0 Å². The van der Waals surface area contributed by atoms with Crippen molar-refractivity contribution in [2.24, 2.45) is 0 Å². The average molecular weight is 393 g/mol. The Labute approximate surface area is 170 Å². The fourth-order valence-corrected chi connectivity index (χ4v) is 4.74. The second-order valence-corrected chi connectivity index (χ2v) is 8.43. The summed E-state index contributed by atoms with van der Waals surface area (Å²) in [5.41, 5.74) is 2.61. The molecule has 0 spiro atoms. The first-order valence-electron chi connectivity index (χ1n) is 10.2. The van der Waals surface area contributed by atoms with E-state index in [0.717, 1.165) is 36.8 Å². The van der Waals surface area contributed by atoms with E-state index >= 15 is 0 Å². The zero-order valence-electron chi connectivity index (χ0n) is 17.1. The molecule has 1 fully saturated rings. The van der Waals surface area contributed by atoms with Gasteiger partial charge >= 0.3 is 5.56 Å². The van der Waals surface area contributed by atoms with Crippen LogP contribution in [0.15, 0.2) is 35.6 Å². The van der Waals surface area contributed by atoms with E-state index in [1.807, 2.05) is 6.92 Å². The highest BCUT2D eigenvalue weighted by Gasteiger charge is 2.38. The lowest BCUT2D eigenvalue weighted by molar-refractivity contribution is 0.0737. The van der Waals surface area contributed by atoms with Crippen molar-refractivity contribution in [2.45, 2.75) is 51.0 Å². The Kier molecular flexibility index (Phi) is 4.81. The maximum absolute atomic E-state index is 12.6. The molecule has 1 aliphatic heterocycles. The molecule has 0 radical (unpaired) electrons. The van der Waals surface area contributed by atoms with Crippen LogP contribution in [0.3, 0.4) is 0 Å². The van der Waals surface area contributed by atoms with Crippen LogP contribution < -0.4 is 5.56 Å². The van der Waals surface area contributed by atoms with E-state index in [1.165, 1.54) is 10.5 Å². The summed E-state index contributed by atoms with van der Waals surface area (Å²) in [6, 6.07) is 8.51. The van der Waals surface area contributed by atoms with Gasteiger partial charge in [-0.2, -0.15) is 4.98 Å². The van der Waals surface area contributed by atoms with Crippen LogP contribution in [0.5, 0.6) is 5.75 Å². The fraction of sp³-hybridized carbons (Fsp3) is 0.435. The van der Waals surface area contributed by atoms with E-state index in [9.17, 15) is 14.7 Å². The molecule has 4 rings (SSSR count). The third-order valence-electron chi connectivity index (χ3n) is 6.49. The van der Waals surface area contributed by atoms with E-state index in [4.69, 9.17) is 0 Å². The number of likely N-dealkylation sites (N-methyl/N-ethyl adjacent to an activating group) is 1. The summed E-state index contributed by atoms with van der Waals surface area (Å²) in [4.78, 5) is 30.7. The van der Waals surface area contributed by atoms with Gasteiger partial charge < -0.3 is 14.6 Å². The molecule has 1 aromatic carbocycles. The lowest BCUT2D eigenvalue weighted by Crippen LogP contribution is -2.42. The van der Waals surface area contributed by atoms with Gasteiger partial charge in [0.05, 0.1) is 0 Å². The van der Waals surface area contributed by atoms with Crippen molar-refractivity contribution < 1.29 is 9.90 Å². The molecule has 2 aliphatic rings. The van der Waals surface area contributed by atoms with Crippen LogP contribution in [-0.4, -0.2) is 39.1 Å². The van der Waals surface area contributed by atoms with Crippen LogP contribution in [0.4, 0.5) is 0 Å². The molecule has 2 heterocycles. The van der Waals surface area contributed by atoms with Crippen molar-refractivity contribution in [3.8, 4) is 5.75 Å². The second kappa shape index (κ2) is 7.17. The molecule has 2 aromatic rings. The molecule has 1 N–H and O–H groups in total. The first kappa shape index (κ1) is 19.4. The number of aromatic hydroxyl groups is 1. The minimum Gasteiger partial charge on any atom is -0.501 e. The number of amides is 1. The minimum absolute atomic E-state index is 0.0690. The Balaban J connectivity index is 1.79. The van der Waals surface area contributed by atoms with Crippen LogP contribution in [0.2, 0.25) is 0 Å². The highest BCUT2D eigenvalue weighted by molar-refractivity contribution is 5.95. The molecule has 0 atom stereocenters. The van der Waals surface area contributed by atoms with E-state index in [0.29, 0.717) is 25.3 Å². The lowest BCUT2D eigenvalue weighted by Gasteiger charge is -2.33. The highest BCUT2D eigenvalue weighted by Crippen LogP contribution is 2.44. The number of aromatic nitrogens is 2. The fourth-order valence-electron chi connectivity index (χ4n) is 4.74. The van der Waals surface area contributed by atoms with Gasteiger partial charge in [-0.25, -0.2) is 0 Å². The Morgan fingerprint density at radius 2 is 1.83 bits per heavy atom. The van der Waals surface area contributed by atoms with Crippen molar-refractivity contribution in [3.05, 3.63) is 63.8 Å². The van der Waals surface area contributed by atoms with Crippen LogP contribution >= 0.6 is 0 Å². The van der Waals surface area contributed by atoms with Gasteiger partial charge in [0.25, 0.3) is 5.91 Å². The summed E-state index contributed by atoms with van der Waals surface area (Å²) in [7, 11) is 1.68. The number of nitrogens with zero attached hydrogens (tertiary/aromatic N) is 3. The summed E-state index contributed by atoms with van der Waals surface area (Å²) >= 11 is 0. The number of carbonyl (C=O) groups excluding carboxylic acids is 1. The summed E-state index contributed by atoms with van der Waals surface area (Å²) < 4.78 is 1.75. The SMILES string of the molecule is C=C(C)c1ccc(C2(Cc3nc(=O)c(O)c4n3CCN(C)C4=O)CCCC2)cc1. The molecule has 1 aromatic heterocycles. The summed E-state index contributed by atoms with van der Waals surface area (Å²) in [5, 5.41) is 10.2. The maximum Gasteiger partial charge on any atom is 0.315 e. The van der Waals surface area contributed by atoms with E-state index < -0.39 is 11.3 Å². The summed E-state index contributed by atoms with van der Waals surface area (Å²) in [5.74, 6) is -0.285. The van der Waals surface area contributed by atoms with E-state index in [2.05, 4.69) is 35.8 Å². The number of hydrogen-bond acceptors (Lipinski definition) is 4. The predicted octanol–water partition coefficient (Wildman–Crippen LogP) is 3.12. The monoisotopic (exact) mass is 393 g/mol. The molecule has 1 aliphatic carbocycles. The van der Waals surface area contributed by atoms with E-state index in [-0.39, 0.29) is 17.0 Å². The minimum atomic E-state index is -0.722. The van der Waals surface area contributed by atoms with Crippen molar-refractivity contribution >= 4 is 11.5 Å². The van der Waals surface area contributed by atoms with Gasteiger partial charge in [0, 0.05) is 32.0 Å². The Hall–Kier alpha value is -2.89. The van der Waals surface area contributed by atoms with Crippen molar-refractivity contribution in [1.82, 2.24) is 14.5 Å². The largest absolute Gasteiger partial charge is 0.501 e. The smallest absolute Gasteiger partial charge is 0.315 e. The Bertz CT molecular complexity index is 1030. The molecule has 0 saturated heterocycles. The third-order valence-corrected chi connectivity index (χ3v) is 6.49. The lowest BCUT2D eigenvalue weighted by atomic mass is 9.75. The number of allylic oxidation sites excluding steroid dienone is 1. The number of benzene rings is 1. The number of carbonyl (C=O) groups is 1. The van der Waals surface area contributed by atoms with Gasteiger partial charge in [0.1, 0.15) is 5.82 Å². The zero-order valence-corrected chi connectivity index (χ0v) is 17.1. The molecule has 152 valence electrons. The standard InChI is InChI=1S/C23H27N3O3/c1-15(2)16-6-8-17(9-7-16)23(10-4-5-11-23)14-18-24-21(28)20(27)19-22(29)25(3)12-13-26(18)19/h6-9,27H,1,4-5,10-14H2,2-3H3.